The van der Waals surface area contributed by atoms with Crippen LogP contribution in [0.1, 0.15) is 38.7 Å². The molecule has 0 aromatic heterocycles. The zero-order valence-electron chi connectivity index (χ0n) is 10.3. The van der Waals surface area contributed by atoms with Gasteiger partial charge in [-0.25, -0.2) is 0 Å². The molecule has 0 aliphatic heterocycles. The second-order valence-corrected chi connectivity index (χ2v) is 4.97. The van der Waals surface area contributed by atoms with E-state index < -0.39 is 0 Å². The van der Waals surface area contributed by atoms with Crippen molar-refractivity contribution in [1.82, 2.24) is 0 Å². The zero-order valence-corrected chi connectivity index (χ0v) is 11.9. The van der Waals surface area contributed by atoms with Gasteiger partial charge in [-0.05, 0) is 31.0 Å². The van der Waals surface area contributed by atoms with Crippen LogP contribution in [0.5, 0.6) is 0 Å². The van der Waals surface area contributed by atoms with Crippen LogP contribution in [0.25, 0.3) is 0 Å². The van der Waals surface area contributed by atoms with E-state index >= 15 is 0 Å². The normalized spacial score (nSPS) is 12.2. The summed E-state index contributed by atoms with van der Waals surface area (Å²) in [5.74, 6) is 0. The van der Waals surface area contributed by atoms with Gasteiger partial charge in [-0.2, -0.15) is 0 Å². The fraction of sp³-hybridized carbons (Fsp3) is 0.462. The van der Waals surface area contributed by atoms with E-state index in [1.54, 1.807) is 0 Å². The third kappa shape index (κ3) is 4.17. The summed E-state index contributed by atoms with van der Waals surface area (Å²) in [6.07, 6.45) is 3.37. The van der Waals surface area contributed by atoms with Crippen LogP contribution in [-0.4, -0.2) is 11.0 Å². The highest BCUT2D eigenvalue weighted by molar-refractivity contribution is 7.80. The Balaban J connectivity index is 2.92. The fourth-order valence-corrected chi connectivity index (χ4v) is 2.13. The molecule has 1 rings (SSSR count). The maximum Gasteiger partial charge on any atom is 0.106 e. The van der Waals surface area contributed by atoms with Crippen LogP contribution in [0.15, 0.2) is 18.2 Å². The molecule has 0 saturated heterocycles. The first-order valence-corrected chi connectivity index (χ1v) is 6.73. The molecular weight excluding hydrogens is 252 g/mol. The standard InChI is InChI=1S/C13H19ClN2S/c1-3-5-10(4-2)16-12-7-6-9(14)8-11(12)13(15)17/h6-8,10,16H,3-5H2,1-2H3,(H2,15,17). The maximum atomic E-state index is 5.95. The average Bonchev–Trinajstić information content (AvgIpc) is 2.30. The van der Waals surface area contributed by atoms with E-state index in [-0.39, 0.29) is 0 Å². The van der Waals surface area contributed by atoms with Crippen molar-refractivity contribution in [1.29, 1.82) is 0 Å². The van der Waals surface area contributed by atoms with Crippen LogP contribution in [0.3, 0.4) is 0 Å². The molecule has 0 aliphatic carbocycles. The lowest BCUT2D eigenvalue weighted by Gasteiger charge is -2.19. The van der Waals surface area contributed by atoms with Crippen LogP contribution >= 0.6 is 23.8 Å². The fourth-order valence-electron chi connectivity index (χ4n) is 1.79. The summed E-state index contributed by atoms with van der Waals surface area (Å²) >= 11 is 11.0. The SMILES string of the molecule is CCCC(CC)Nc1ccc(Cl)cc1C(N)=S. The molecule has 1 unspecified atom stereocenters. The van der Waals surface area contributed by atoms with Gasteiger partial charge in [-0.3, -0.25) is 0 Å². The van der Waals surface area contributed by atoms with Gasteiger partial charge in [0, 0.05) is 22.3 Å². The minimum atomic E-state index is 0.376. The first-order chi connectivity index (χ1) is 8.08. The summed E-state index contributed by atoms with van der Waals surface area (Å²) in [4.78, 5) is 0.376. The molecule has 0 fully saturated rings. The minimum Gasteiger partial charge on any atom is -0.389 e. The second kappa shape index (κ2) is 6.82. The first-order valence-electron chi connectivity index (χ1n) is 5.94. The summed E-state index contributed by atoms with van der Waals surface area (Å²) in [7, 11) is 0. The molecule has 0 radical (unpaired) electrons. The van der Waals surface area contributed by atoms with E-state index in [4.69, 9.17) is 29.6 Å². The van der Waals surface area contributed by atoms with Gasteiger partial charge in [0.2, 0.25) is 0 Å². The Hall–Kier alpha value is -0.800. The van der Waals surface area contributed by atoms with Crippen LogP contribution in [-0.2, 0) is 0 Å². The number of thiocarbonyl (C=S) groups is 1. The topological polar surface area (TPSA) is 38.0 Å². The maximum absolute atomic E-state index is 5.95. The van der Waals surface area contributed by atoms with Crippen molar-refractivity contribution in [2.75, 3.05) is 5.32 Å². The lowest BCUT2D eigenvalue weighted by Crippen LogP contribution is -2.21. The lowest BCUT2D eigenvalue weighted by atomic mass is 10.1. The molecule has 94 valence electrons. The summed E-state index contributed by atoms with van der Waals surface area (Å²) in [5.41, 5.74) is 7.50. The van der Waals surface area contributed by atoms with E-state index in [0.29, 0.717) is 16.1 Å². The number of nitrogens with one attached hydrogen (secondary N) is 1. The molecule has 1 atom stereocenters. The van der Waals surface area contributed by atoms with Gasteiger partial charge < -0.3 is 11.1 Å². The molecule has 3 N–H and O–H groups in total. The summed E-state index contributed by atoms with van der Waals surface area (Å²) in [6, 6.07) is 6.05. The molecule has 2 nitrogen and oxygen atoms in total. The van der Waals surface area contributed by atoms with E-state index in [9.17, 15) is 0 Å². The molecule has 4 heteroatoms. The number of benzene rings is 1. The lowest BCUT2D eigenvalue weighted by molar-refractivity contribution is 0.623. The van der Waals surface area contributed by atoms with Crippen LogP contribution < -0.4 is 11.1 Å². The average molecular weight is 271 g/mol. The van der Waals surface area contributed by atoms with E-state index in [2.05, 4.69) is 19.2 Å². The molecule has 1 aromatic rings. The number of hydrogen-bond acceptors (Lipinski definition) is 2. The van der Waals surface area contributed by atoms with Gasteiger partial charge >= 0.3 is 0 Å². The third-order valence-electron chi connectivity index (χ3n) is 2.74. The Morgan fingerprint density at radius 2 is 2.18 bits per heavy atom. The van der Waals surface area contributed by atoms with Crippen molar-refractivity contribution in [3.05, 3.63) is 28.8 Å². The summed E-state index contributed by atoms with van der Waals surface area (Å²) in [6.45, 7) is 4.35. The van der Waals surface area contributed by atoms with Crippen molar-refractivity contribution >= 4 is 34.5 Å². The number of rotatable bonds is 6. The Morgan fingerprint density at radius 3 is 2.71 bits per heavy atom. The zero-order chi connectivity index (χ0) is 12.8. The molecule has 0 spiro atoms. The third-order valence-corrected chi connectivity index (χ3v) is 3.19. The minimum absolute atomic E-state index is 0.376. The molecule has 1 aromatic carbocycles. The quantitative estimate of drug-likeness (QED) is 0.769. The van der Waals surface area contributed by atoms with Gasteiger partial charge in [-0.1, -0.05) is 44.1 Å². The number of halogens is 1. The molecule has 0 aliphatic rings. The Bertz CT molecular complexity index is 393. The largest absolute Gasteiger partial charge is 0.389 e. The first kappa shape index (κ1) is 14.3. The predicted octanol–water partition coefficient (Wildman–Crippen LogP) is 3.96. The van der Waals surface area contributed by atoms with Crippen LogP contribution in [0.2, 0.25) is 5.02 Å². The number of hydrogen-bond donors (Lipinski definition) is 2. The van der Waals surface area contributed by atoms with Crippen molar-refractivity contribution in [2.24, 2.45) is 5.73 Å². The van der Waals surface area contributed by atoms with E-state index in [0.717, 1.165) is 30.5 Å². The highest BCUT2D eigenvalue weighted by Crippen LogP contribution is 2.22. The van der Waals surface area contributed by atoms with E-state index in [1.807, 2.05) is 18.2 Å². The highest BCUT2D eigenvalue weighted by atomic mass is 35.5. The molecule has 17 heavy (non-hydrogen) atoms. The van der Waals surface area contributed by atoms with Crippen molar-refractivity contribution in [3.63, 3.8) is 0 Å². The highest BCUT2D eigenvalue weighted by Gasteiger charge is 2.10. The smallest absolute Gasteiger partial charge is 0.106 e. The van der Waals surface area contributed by atoms with Crippen LogP contribution in [0.4, 0.5) is 5.69 Å². The van der Waals surface area contributed by atoms with Gasteiger partial charge in [0.05, 0.1) is 0 Å². The molecule has 0 bridgehead atoms. The van der Waals surface area contributed by atoms with Crippen molar-refractivity contribution in [3.8, 4) is 0 Å². The molecule has 0 heterocycles. The predicted molar refractivity (Wildman–Crippen MR) is 79.9 cm³/mol. The number of anilines is 1. The Labute approximate surface area is 114 Å². The molecule has 0 amide bonds. The van der Waals surface area contributed by atoms with Gasteiger partial charge in [0.25, 0.3) is 0 Å². The van der Waals surface area contributed by atoms with Crippen molar-refractivity contribution in [2.45, 2.75) is 39.2 Å². The monoisotopic (exact) mass is 270 g/mol. The van der Waals surface area contributed by atoms with Crippen molar-refractivity contribution < 1.29 is 0 Å². The Kier molecular flexibility index (Phi) is 5.72. The van der Waals surface area contributed by atoms with Crippen LogP contribution in [0, 0.1) is 0 Å². The van der Waals surface area contributed by atoms with E-state index in [1.165, 1.54) is 0 Å². The summed E-state index contributed by atoms with van der Waals surface area (Å²) < 4.78 is 0. The summed E-state index contributed by atoms with van der Waals surface area (Å²) in [5, 5.41) is 4.14. The van der Waals surface area contributed by atoms with Gasteiger partial charge in [0.1, 0.15) is 4.99 Å². The number of nitrogens with two attached hydrogens (primary N) is 1. The molecule has 0 saturated carbocycles. The Morgan fingerprint density at radius 1 is 1.47 bits per heavy atom. The van der Waals surface area contributed by atoms with Gasteiger partial charge in [0.15, 0.2) is 0 Å². The molecular formula is C13H19ClN2S. The van der Waals surface area contributed by atoms with Gasteiger partial charge in [-0.15, -0.1) is 0 Å². The second-order valence-electron chi connectivity index (χ2n) is 4.09.